The van der Waals surface area contributed by atoms with Crippen LogP contribution >= 0.6 is 23.1 Å². The number of ether oxygens (including phenoxy) is 1. The van der Waals surface area contributed by atoms with E-state index in [1.165, 1.54) is 4.90 Å². The van der Waals surface area contributed by atoms with Crippen molar-refractivity contribution in [2.75, 3.05) is 57.0 Å². The fraction of sp³-hybridized carbons (Fsp3) is 0.391. The number of amides is 1. The molecule has 6 nitrogen and oxygen atoms in total. The van der Waals surface area contributed by atoms with Crippen LogP contribution < -0.4 is 15.0 Å². The van der Waals surface area contributed by atoms with Crippen LogP contribution in [0.2, 0.25) is 0 Å². The van der Waals surface area contributed by atoms with E-state index in [2.05, 4.69) is 28.1 Å². The lowest BCUT2D eigenvalue weighted by molar-refractivity contribution is 0.0947. The number of thioether (sulfide) groups is 1. The van der Waals surface area contributed by atoms with Crippen LogP contribution in [-0.4, -0.2) is 67.9 Å². The van der Waals surface area contributed by atoms with Crippen molar-refractivity contribution in [2.45, 2.75) is 11.8 Å². The minimum Gasteiger partial charge on any atom is -0.494 e. The molecule has 4 rings (SSSR count). The SMILES string of the molecule is CCSc1ccc(C(=O)NCCN2CCN(c3nc4c(OC)cccc4s3)CC2)cc1. The van der Waals surface area contributed by atoms with Gasteiger partial charge in [-0.15, -0.1) is 11.8 Å². The molecule has 2 aromatic carbocycles. The number of carbonyl (C=O) groups excluding carboxylic acids is 1. The Hall–Kier alpha value is -2.29. The van der Waals surface area contributed by atoms with Crippen LogP contribution in [0.4, 0.5) is 5.13 Å². The number of benzene rings is 2. The Labute approximate surface area is 191 Å². The van der Waals surface area contributed by atoms with Crippen molar-refractivity contribution in [2.24, 2.45) is 0 Å². The number of methoxy groups -OCH3 is 1. The van der Waals surface area contributed by atoms with E-state index in [1.54, 1.807) is 30.2 Å². The molecular formula is C23H28N4O2S2. The molecule has 0 spiro atoms. The second-order valence-electron chi connectivity index (χ2n) is 7.35. The highest BCUT2D eigenvalue weighted by Crippen LogP contribution is 2.34. The average Bonchev–Trinajstić information content (AvgIpc) is 3.25. The number of piperazine rings is 1. The molecule has 164 valence electrons. The van der Waals surface area contributed by atoms with E-state index in [0.29, 0.717) is 6.54 Å². The highest BCUT2D eigenvalue weighted by atomic mass is 32.2. The van der Waals surface area contributed by atoms with Gasteiger partial charge in [-0.1, -0.05) is 24.3 Å². The van der Waals surface area contributed by atoms with E-state index in [9.17, 15) is 4.79 Å². The van der Waals surface area contributed by atoms with Crippen molar-refractivity contribution in [1.29, 1.82) is 0 Å². The van der Waals surface area contributed by atoms with Crippen LogP contribution in [-0.2, 0) is 0 Å². The van der Waals surface area contributed by atoms with Gasteiger partial charge < -0.3 is 15.0 Å². The zero-order valence-corrected chi connectivity index (χ0v) is 19.6. The Balaban J connectivity index is 1.24. The molecule has 1 aliphatic heterocycles. The summed E-state index contributed by atoms with van der Waals surface area (Å²) in [5.74, 6) is 1.86. The fourth-order valence-electron chi connectivity index (χ4n) is 3.67. The molecule has 1 fully saturated rings. The summed E-state index contributed by atoms with van der Waals surface area (Å²) in [5.41, 5.74) is 1.66. The van der Waals surface area contributed by atoms with Gasteiger partial charge in [0, 0.05) is 49.7 Å². The van der Waals surface area contributed by atoms with Crippen molar-refractivity contribution in [3.63, 3.8) is 0 Å². The highest BCUT2D eigenvalue weighted by Gasteiger charge is 2.20. The third kappa shape index (κ3) is 5.31. The largest absolute Gasteiger partial charge is 0.494 e. The normalized spacial score (nSPS) is 14.7. The summed E-state index contributed by atoms with van der Waals surface area (Å²) < 4.78 is 6.59. The molecule has 0 atom stereocenters. The summed E-state index contributed by atoms with van der Waals surface area (Å²) >= 11 is 3.50. The fourth-order valence-corrected chi connectivity index (χ4v) is 5.37. The minimum absolute atomic E-state index is 0.00453. The van der Waals surface area contributed by atoms with Gasteiger partial charge in [-0.2, -0.15) is 0 Å². The van der Waals surface area contributed by atoms with E-state index < -0.39 is 0 Å². The lowest BCUT2D eigenvalue weighted by Gasteiger charge is -2.34. The molecule has 0 radical (unpaired) electrons. The van der Waals surface area contributed by atoms with Crippen molar-refractivity contribution in [1.82, 2.24) is 15.2 Å². The van der Waals surface area contributed by atoms with Gasteiger partial charge in [0.15, 0.2) is 5.13 Å². The molecule has 2 heterocycles. The number of nitrogens with one attached hydrogen (secondary N) is 1. The molecule has 1 saturated heterocycles. The number of aromatic nitrogens is 1. The van der Waals surface area contributed by atoms with Crippen LogP contribution in [0.3, 0.4) is 0 Å². The third-order valence-electron chi connectivity index (χ3n) is 5.37. The van der Waals surface area contributed by atoms with E-state index in [-0.39, 0.29) is 5.91 Å². The number of hydrogen-bond acceptors (Lipinski definition) is 7. The number of fused-ring (bicyclic) bond motifs is 1. The molecule has 31 heavy (non-hydrogen) atoms. The van der Waals surface area contributed by atoms with Crippen LogP contribution in [0, 0.1) is 0 Å². The second-order valence-corrected chi connectivity index (χ2v) is 9.69. The molecular weight excluding hydrogens is 428 g/mol. The van der Waals surface area contributed by atoms with E-state index in [1.807, 2.05) is 36.4 Å². The smallest absolute Gasteiger partial charge is 0.251 e. The lowest BCUT2D eigenvalue weighted by atomic mass is 10.2. The predicted molar refractivity (Wildman–Crippen MR) is 130 cm³/mol. The van der Waals surface area contributed by atoms with Crippen LogP contribution in [0.1, 0.15) is 17.3 Å². The minimum atomic E-state index is -0.00453. The molecule has 1 N–H and O–H groups in total. The number of rotatable bonds is 8. The zero-order chi connectivity index (χ0) is 21.6. The topological polar surface area (TPSA) is 57.7 Å². The Morgan fingerprint density at radius 2 is 1.94 bits per heavy atom. The maximum atomic E-state index is 12.4. The molecule has 0 saturated carbocycles. The Morgan fingerprint density at radius 3 is 2.65 bits per heavy atom. The summed E-state index contributed by atoms with van der Waals surface area (Å²) in [7, 11) is 1.69. The summed E-state index contributed by atoms with van der Waals surface area (Å²) in [4.78, 5) is 23.1. The average molecular weight is 457 g/mol. The van der Waals surface area contributed by atoms with E-state index in [0.717, 1.165) is 65.1 Å². The molecule has 8 heteroatoms. The molecule has 0 aliphatic carbocycles. The van der Waals surface area contributed by atoms with Gasteiger partial charge in [-0.25, -0.2) is 4.98 Å². The van der Waals surface area contributed by atoms with E-state index >= 15 is 0 Å². The summed E-state index contributed by atoms with van der Waals surface area (Å²) in [6, 6.07) is 13.9. The highest BCUT2D eigenvalue weighted by molar-refractivity contribution is 7.99. The lowest BCUT2D eigenvalue weighted by Crippen LogP contribution is -2.48. The monoisotopic (exact) mass is 456 g/mol. The Bertz CT molecular complexity index is 1010. The number of hydrogen-bond donors (Lipinski definition) is 1. The van der Waals surface area contributed by atoms with Crippen molar-refractivity contribution in [3.8, 4) is 5.75 Å². The zero-order valence-electron chi connectivity index (χ0n) is 18.0. The molecule has 3 aromatic rings. The van der Waals surface area contributed by atoms with Gasteiger partial charge in [0.05, 0.1) is 11.8 Å². The Morgan fingerprint density at radius 1 is 1.16 bits per heavy atom. The maximum Gasteiger partial charge on any atom is 0.251 e. The van der Waals surface area contributed by atoms with Crippen molar-refractivity contribution < 1.29 is 9.53 Å². The number of thiazole rings is 1. The van der Waals surface area contributed by atoms with Crippen molar-refractivity contribution in [3.05, 3.63) is 48.0 Å². The van der Waals surface area contributed by atoms with Gasteiger partial charge in [-0.3, -0.25) is 9.69 Å². The molecule has 1 amide bonds. The molecule has 0 bridgehead atoms. The Kier molecular flexibility index (Phi) is 7.32. The van der Waals surface area contributed by atoms with Gasteiger partial charge in [0.1, 0.15) is 11.3 Å². The van der Waals surface area contributed by atoms with Gasteiger partial charge >= 0.3 is 0 Å². The first-order valence-electron chi connectivity index (χ1n) is 10.6. The molecule has 0 unspecified atom stereocenters. The summed E-state index contributed by atoms with van der Waals surface area (Å²) in [6.07, 6.45) is 0. The summed E-state index contributed by atoms with van der Waals surface area (Å²) in [5, 5.41) is 4.10. The first kappa shape index (κ1) is 21.9. The standard InChI is InChI=1S/C23H28N4O2S2/c1-3-30-18-9-7-17(8-10-18)22(28)24-11-12-26-13-15-27(16-14-26)23-25-21-19(29-2)5-4-6-20(21)31-23/h4-10H,3,11-16H2,1-2H3,(H,24,28). The van der Waals surface area contributed by atoms with Gasteiger partial charge in [0.2, 0.25) is 0 Å². The second kappa shape index (κ2) is 10.3. The number of carbonyl (C=O) groups is 1. The van der Waals surface area contributed by atoms with Crippen LogP contribution in [0.5, 0.6) is 5.75 Å². The predicted octanol–water partition coefficient (Wildman–Crippen LogP) is 3.97. The quantitative estimate of drug-likeness (QED) is 0.518. The first-order valence-corrected chi connectivity index (χ1v) is 12.4. The van der Waals surface area contributed by atoms with Crippen LogP contribution in [0.25, 0.3) is 10.2 Å². The van der Waals surface area contributed by atoms with Crippen molar-refractivity contribution >= 4 is 44.4 Å². The number of para-hydroxylation sites is 1. The van der Waals surface area contributed by atoms with E-state index in [4.69, 9.17) is 9.72 Å². The molecule has 1 aromatic heterocycles. The van der Waals surface area contributed by atoms with Gasteiger partial charge in [0.25, 0.3) is 5.91 Å². The number of anilines is 1. The van der Waals surface area contributed by atoms with Crippen LogP contribution in [0.15, 0.2) is 47.4 Å². The molecule has 1 aliphatic rings. The summed E-state index contributed by atoms with van der Waals surface area (Å²) in [6.45, 7) is 7.44. The maximum absolute atomic E-state index is 12.4. The van der Waals surface area contributed by atoms with Gasteiger partial charge in [-0.05, 0) is 42.2 Å². The third-order valence-corrected chi connectivity index (χ3v) is 7.35. The first-order chi connectivity index (χ1) is 15.2. The number of nitrogens with zero attached hydrogens (tertiary/aromatic N) is 3.